The number of anilines is 1. The number of benzene rings is 1. The summed E-state index contributed by atoms with van der Waals surface area (Å²) in [6.07, 6.45) is 7.98. The highest BCUT2D eigenvalue weighted by Crippen LogP contribution is 2.19. The molecule has 0 unspecified atom stereocenters. The number of hydrogen-bond acceptors (Lipinski definition) is 3. The lowest BCUT2D eigenvalue weighted by atomic mass is 10.1. The van der Waals surface area contributed by atoms with Gasteiger partial charge in [0.15, 0.2) is 9.84 Å². The molecule has 1 fully saturated rings. The number of para-hydroxylation sites is 1. The molecule has 0 radical (unpaired) electrons. The summed E-state index contributed by atoms with van der Waals surface area (Å²) >= 11 is 0. The van der Waals surface area contributed by atoms with Gasteiger partial charge in [-0.05, 0) is 24.5 Å². The van der Waals surface area contributed by atoms with Crippen molar-refractivity contribution in [2.45, 2.75) is 50.3 Å². The molecular formula is C16H24N2O3S. The van der Waals surface area contributed by atoms with Crippen LogP contribution in [0.4, 0.5) is 10.5 Å². The summed E-state index contributed by atoms with van der Waals surface area (Å²) in [4.78, 5) is 12.1. The van der Waals surface area contributed by atoms with Crippen LogP contribution in [0.5, 0.6) is 0 Å². The molecule has 0 bridgehead atoms. The molecule has 5 nitrogen and oxygen atoms in total. The summed E-state index contributed by atoms with van der Waals surface area (Å²) in [5.74, 6) is -0.0765. The van der Waals surface area contributed by atoms with Crippen LogP contribution in [0, 0.1) is 0 Å². The van der Waals surface area contributed by atoms with Gasteiger partial charge in [-0.15, -0.1) is 0 Å². The minimum absolute atomic E-state index is 0.0765. The number of amides is 2. The molecule has 1 saturated carbocycles. The molecule has 22 heavy (non-hydrogen) atoms. The third-order valence-electron chi connectivity index (χ3n) is 3.87. The van der Waals surface area contributed by atoms with Crippen LogP contribution in [0.1, 0.15) is 44.1 Å². The summed E-state index contributed by atoms with van der Waals surface area (Å²) < 4.78 is 22.9. The Kier molecular flexibility index (Phi) is 5.83. The van der Waals surface area contributed by atoms with Gasteiger partial charge < -0.3 is 10.6 Å². The fraction of sp³-hybridized carbons (Fsp3) is 0.562. The van der Waals surface area contributed by atoms with E-state index in [0.29, 0.717) is 11.3 Å². The van der Waals surface area contributed by atoms with Gasteiger partial charge in [-0.2, -0.15) is 0 Å². The van der Waals surface area contributed by atoms with E-state index in [2.05, 4.69) is 10.6 Å². The lowest BCUT2D eigenvalue weighted by Crippen LogP contribution is -2.37. The highest BCUT2D eigenvalue weighted by molar-refractivity contribution is 7.89. The van der Waals surface area contributed by atoms with Crippen molar-refractivity contribution >= 4 is 21.6 Å². The van der Waals surface area contributed by atoms with Crippen LogP contribution in [0.3, 0.4) is 0 Å². The molecule has 2 rings (SSSR count). The second kappa shape index (κ2) is 7.63. The monoisotopic (exact) mass is 324 g/mol. The third-order valence-corrected chi connectivity index (χ3v) is 4.71. The van der Waals surface area contributed by atoms with Crippen molar-refractivity contribution in [1.82, 2.24) is 5.32 Å². The topological polar surface area (TPSA) is 75.3 Å². The average Bonchev–Trinajstić information content (AvgIpc) is 2.68. The first kappa shape index (κ1) is 16.8. The Bertz CT molecular complexity index is 606. The van der Waals surface area contributed by atoms with E-state index in [4.69, 9.17) is 0 Å². The molecule has 122 valence electrons. The van der Waals surface area contributed by atoms with Gasteiger partial charge in [0.2, 0.25) is 0 Å². The van der Waals surface area contributed by atoms with Crippen molar-refractivity contribution < 1.29 is 13.2 Å². The molecule has 0 atom stereocenters. The number of carbonyl (C=O) groups is 1. The molecule has 1 aromatic rings. The molecule has 1 aliphatic carbocycles. The maximum atomic E-state index is 12.1. The smallest absolute Gasteiger partial charge is 0.319 e. The zero-order valence-electron chi connectivity index (χ0n) is 13.0. The van der Waals surface area contributed by atoms with Gasteiger partial charge in [-0.25, -0.2) is 13.2 Å². The fourth-order valence-electron chi connectivity index (χ4n) is 2.82. The van der Waals surface area contributed by atoms with Crippen LogP contribution in [0.15, 0.2) is 24.3 Å². The van der Waals surface area contributed by atoms with E-state index < -0.39 is 9.84 Å². The second-order valence-electron chi connectivity index (χ2n) is 6.01. The molecule has 0 aromatic heterocycles. The summed E-state index contributed by atoms with van der Waals surface area (Å²) in [5, 5.41) is 5.78. The zero-order chi connectivity index (χ0) is 16.0. The van der Waals surface area contributed by atoms with Crippen molar-refractivity contribution in [3.63, 3.8) is 0 Å². The van der Waals surface area contributed by atoms with E-state index in [9.17, 15) is 13.2 Å². The third kappa shape index (κ3) is 5.67. The molecule has 6 heteroatoms. The van der Waals surface area contributed by atoms with E-state index in [0.717, 1.165) is 25.7 Å². The minimum Gasteiger partial charge on any atom is -0.335 e. The molecule has 1 aromatic carbocycles. The first-order chi connectivity index (χ1) is 10.4. The van der Waals surface area contributed by atoms with Gasteiger partial charge in [0.05, 0.1) is 5.75 Å². The maximum Gasteiger partial charge on any atom is 0.319 e. The van der Waals surface area contributed by atoms with Crippen molar-refractivity contribution in [2.24, 2.45) is 0 Å². The van der Waals surface area contributed by atoms with Crippen molar-refractivity contribution in [3.05, 3.63) is 29.8 Å². The lowest BCUT2D eigenvalue weighted by Gasteiger charge is -2.17. The Labute approximate surface area is 132 Å². The minimum atomic E-state index is -3.14. The van der Waals surface area contributed by atoms with Crippen LogP contribution in [0.25, 0.3) is 0 Å². The van der Waals surface area contributed by atoms with Crippen LogP contribution < -0.4 is 10.6 Å². The molecule has 0 spiro atoms. The molecule has 0 heterocycles. The first-order valence-electron chi connectivity index (χ1n) is 7.77. The van der Waals surface area contributed by atoms with Crippen molar-refractivity contribution in [1.29, 1.82) is 0 Å². The Morgan fingerprint density at radius 2 is 1.77 bits per heavy atom. The normalized spacial score (nSPS) is 16.8. The number of urea groups is 1. The van der Waals surface area contributed by atoms with Crippen molar-refractivity contribution in [2.75, 3.05) is 11.6 Å². The second-order valence-corrected chi connectivity index (χ2v) is 8.15. The van der Waals surface area contributed by atoms with Gasteiger partial charge in [-0.1, -0.05) is 43.9 Å². The van der Waals surface area contributed by atoms with Crippen LogP contribution in [0.2, 0.25) is 0 Å². The zero-order valence-corrected chi connectivity index (χ0v) is 13.8. The maximum absolute atomic E-state index is 12.1. The predicted octanol–water partition coefficient (Wildman–Crippen LogP) is 3.08. The van der Waals surface area contributed by atoms with Crippen LogP contribution >= 0.6 is 0 Å². The summed E-state index contributed by atoms with van der Waals surface area (Å²) in [5.41, 5.74) is 1.17. The highest BCUT2D eigenvalue weighted by atomic mass is 32.2. The SMILES string of the molecule is CS(=O)(=O)Cc1ccccc1NC(=O)NC1CCCCCC1. The molecule has 0 saturated heterocycles. The number of sulfone groups is 1. The van der Waals surface area contributed by atoms with E-state index >= 15 is 0 Å². The lowest BCUT2D eigenvalue weighted by molar-refractivity contribution is 0.247. The summed E-state index contributed by atoms with van der Waals surface area (Å²) in [6, 6.07) is 6.97. The van der Waals surface area contributed by atoms with Gasteiger partial charge in [0.1, 0.15) is 0 Å². The molecular weight excluding hydrogens is 300 g/mol. The molecule has 1 aliphatic rings. The predicted molar refractivity (Wildman–Crippen MR) is 88.6 cm³/mol. The van der Waals surface area contributed by atoms with E-state index in [-0.39, 0.29) is 17.8 Å². The first-order valence-corrected chi connectivity index (χ1v) is 9.83. The Balaban J connectivity index is 1.99. The Hall–Kier alpha value is -1.56. The summed E-state index contributed by atoms with van der Waals surface area (Å²) in [6.45, 7) is 0. The molecule has 0 aliphatic heterocycles. The average molecular weight is 324 g/mol. The fourth-order valence-corrected chi connectivity index (χ4v) is 3.63. The molecule has 2 N–H and O–H groups in total. The number of carbonyl (C=O) groups excluding carboxylic acids is 1. The van der Waals surface area contributed by atoms with Crippen molar-refractivity contribution in [3.8, 4) is 0 Å². The van der Waals surface area contributed by atoms with E-state index in [1.807, 2.05) is 0 Å². The van der Waals surface area contributed by atoms with E-state index in [1.54, 1.807) is 24.3 Å². The standard InChI is InChI=1S/C16H24N2O3S/c1-22(20,21)12-13-8-6-7-11-15(13)18-16(19)17-14-9-4-2-3-5-10-14/h6-8,11,14H,2-5,9-10,12H2,1H3,(H2,17,18,19). The van der Waals surface area contributed by atoms with Crippen LogP contribution in [-0.4, -0.2) is 26.7 Å². The van der Waals surface area contributed by atoms with Gasteiger partial charge in [0, 0.05) is 18.0 Å². The number of rotatable bonds is 4. The van der Waals surface area contributed by atoms with Gasteiger partial charge in [0.25, 0.3) is 0 Å². The highest BCUT2D eigenvalue weighted by Gasteiger charge is 2.16. The number of nitrogens with one attached hydrogen (secondary N) is 2. The van der Waals surface area contributed by atoms with Gasteiger partial charge in [-0.3, -0.25) is 0 Å². The Morgan fingerprint density at radius 1 is 1.14 bits per heavy atom. The molecule has 2 amide bonds. The largest absolute Gasteiger partial charge is 0.335 e. The van der Waals surface area contributed by atoms with Gasteiger partial charge >= 0.3 is 6.03 Å². The van der Waals surface area contributed by atoms with E-state index in [1.165, 1.54) is 19.1 Å². The quantitative estimate of drug-likeness (QED) is 0.836. The Morgan fingerprint density at radius 3 is 2.41 bits per heavy atom. The number of hydrogen-bond donors (Lipinski definition) is 2. The van der Waals surface area contributed by atoms with Crippen LogP contribution in [-0.2, 0) is 15.6 Å². The summed E-state index contributed by atoms with van der Waals surface area (Å²) in [7, 11) is -3.14.